The van der Waals surface area contributed by atoms with Gasteiger partial charge < -0.3 is 5.32 Å². The van der Waals surface area contributed by atoms with Gasteiger partial charge in [-0.05, 0) is 50.5 Å². The van der Waals surface area contributed by atoms with E-state index in [1.165, 1.54) is 0 Å². The van der Waals surface area contributed by atoms with E-state index in [9.17, 15) is 8.42 Å². The van der Waals surface area contributed by atoms with Gasteiger partial charge in [-0.3, -0.25) is 4.72 Å². The van der Waals surface area contributed by atoms with E-state index in [2.05, 4.69) is 57.8 Å². The fraction of sp³-hybridized carbons (Fsp3) is 0.400. The lowest BCUT2D eigenvalue weighted by atomic mass is 10.3. The van der Waals surface area contributed by atoms with Gasteiger partial charge in [-0.1, -0.05) is 22.9 Å². The Morgan fingerprint density at radius 2 is 1.72 bits per heavy atom. The average Bonchev–Trinajstić information content (AvgIpc) is 2.23. The van der Waals surface area contributed by atoms with E-state index < -0.39 is 10.0 Å². The van der Waals surface area contributed by atoms with Crippen molar-refractivity contribution < 1.29 is 8.42 Å². The van der Waals surface area contributed by atoms with Crippen molar-refractivity contribution in [1.82, 2.24) is 5.32 Å². The Balaban J connectivity index is 2.84. The standard InChI is InChI=1S/C10H13Br3N2O2S/c1-2-14-3-4-18(16,17)15-10-8(12)5-7(11)6-9(10)13/h5-6,14-15H,2-4H2,1H3. The monoisotopic (exact) mass is 462 g/mol. The maximum absolute atomic E-state index is 11.9. The molecule has 0 aliphatic rings. The van der Waals surface area contributed by atoms with E-state index in [0.717, 1.165) is 11.0 Å². The topological polar surface area (TPSA) is 58.2 Å². The van der Waals surface area contributed by atoms with E-state index in [1.54, 1.807) is 12.1 Å². The van der Waals surface area contributed by atoms with E-state index in [-0.39, 0.29) is 5.75 Å². The summed E-state index contributed by atoms with van der Waals surface area (Å²) in [6.45, 7) is 3.11. The zero-order valence-electron chi connectivity index (χ0n) is 9.63. The van der Waals surface area contributed by atoms with Crippen LogP contribution < -0.4 is 10.0 Å². The Morgan fingerprint density at radius 1 is 1.17 bits per heavy atom. The fourth-order valence-electron chi connectivity index (χ4n) is 1.23. The smallest absolute Gasteiger partial charge is 0.234 e. The second kappa shape index (κ2) is 7.23. The third-order valence-electron chi connectivity index (χ3n) is 2.06. The summed E-state index contributed by atoms with van der Waals surface area (Å²) in [6.07, 6.45) is 0. The zero-order chi connectivity index (χ0) is 13.8. The summed E-state index contributed by atoms with van der Waals surface area (Å²) in [5.74, 6) is 0.0375. The number of anilines is 1. The molecular weight excluding hydrogens is 452 g/mol. The number of nitrogens with one attached hydrogen (secondary N) is 2. The molecule has 18 heavy (non-hydrogen) atoms. The van der Waals surface area contributed by atoms with Gasteiger partial charge in [-0.15, -0.1) is 0 Å². The lowest BCUT2D eigenvalue weighted by molar-refractivity contribution is 0.597. The van der Waals surface area contributed by atoms with Gasteiger partial charge in [0.1, 0.15) is 0 Å². The Labute approximate surface area is 132 Å². The molecule has 0 bridgehead atoms. The van der Waals surface area contributed by atoms with Crippen LogP contribution in [0.4, 0.5) is 5.69 Å². The summed E-state index contributed by atoms with van der Waals surface area (Å²) >= 11 is 9.99. The summed E-state index contributed by atoms with van der Waals surface area (Å²) in [6, 6.07) is 3.57. The number of rotatable bonds is 6. The van der Waals surface area contributed by atoms with Gasteiger partial charge in [0.25, 0.3) is 0 Å². The van der Waals surface area contributed by atoms with Crippen LogP contribution in [-0.4, -0.2) is 27.3 Å². The third kappa shape index (κ3) is 5.16. The number of hydrogen-bond acceptors (Lipinski definition) is 3. The highest BCUT2D eigenvalue weighted by molar-refractivity contribution is 9.11. The van der Waals surface area contributed by atoms with Crippen LogP contribution in [0.5, 0.6) is 0 Å². The predicted molar refractivity (Wildman–Crippen MR) is 85.5 cm³/mol. The predicted octanol–water partition coefficient (Wildman–Crippen LogP) is 3.33. The number of benzene rings is 1. The van der Waals surface area contributed by atoms with Crippen molar-refractivity contribution >= 4 is 63.5 Å². The van der Waals surface area contributed by atoms with E-state index in [4.69, 9.17) is 0 Å². The van der Waals surface area contributed by atoms with E-state index >= 15 is 0 Å². The summed E-state index contributed by atoms with van der Waals surface area (Å²) in [5, 5.41) is 2.98. The normalized spacial score (nSPS) is 11.6. The van der Waals surface area contributed by atoms with E-state index in [0.29, 0.717) is 21.2 Å². The lowest BCUT2D eigenvalue weighted by Gasteiger charge is -2.12. The molecule has 8 heteroatoms. The molecule has 1 aromatic carbocycles. The molecule has 0 amide bonds. The molecule has 0 atom stereocenters. The van der Waals surface area contributed by atoms with Crippen molar-refractivity contribution in [2.24, 2.45) is 0 Å². The fourth-order valence-corrected chi connectivity index (χ4v) is 4.99. The second-order valence-corrected chi connectivity index (χ2v) is 7.99. The van der Waals surface area contributed by atoms with Crippen molar-refractivity contribution in [2.45, 2.75) is 6.92 Å². The van der Waals surface area contributed by atoms with Gasteiger partial charge >= 0.3 is 0 Å². The highest BCUT2D eigenvalue weighted by atomic mass is 79.9. The van der Waals surface area contributed by atoms with E-state index in [1.807, 2.05) is 6.92 Å². The third-order valence-corrected chi connectivity index (χ3v) is 5.03. The van der Waals surface area contributed by atoms with Crippen LogP contribution in [0.2, 0.25) is 0 Å². The van der Waals surface area contributed by atoms with Crippen LogP contribution in [0, 0.1) is 0 Å². The number of halogens is 3. The summed E-state index contributed by atoms with van der Waals surface area (Å²) in [7, 11) is -3.35. The maximum Gasteiger partial charge on any atom is 0.234 e. The minimum Gasteiger partial charge on any atom is -0.316 e. The molecule has 0 aliphatic heterocycles. The molecule has 4 nitrogen and oxygen atoms in total. The van der Waals surface area contributed by atoms with Gasteiger partial charge in [-0.2, -0.15) is 0 Å². The molecular formula is C10H13Br3N2O2S. The molecule has 0 heterocycles. The van der Waals surface area contributed by atoms with Crippen LogP contribution in [0.15, 0.2) is 25.6 Å². The second-order valence-electron chi connectivity index (χ2n) is 3.52. The lowest BCUT2D eigenvalue weighted by Crippen LogP contribution is -2.26. The molecule has 0 saturated heterocycles. The first kappa shape index (κ1) is 16.4. The van der Waals surface area contributed by atoms with Gasteiger partial charge in [0.15, 0.2) is 0 Å². The van der Waals surface area contributed by atoms with Gasteiger partial charge in [0.2, 0.25) is 10.0 Å². The average molecular weight is 465 g/mol. The van der Waals surface area contributed by atoms with Crippen LogP contribution in [0.25, 0.3) is 0 Å². The Hall–Kier alpha value is 0.370. The molecule has 0 aliphatic carbocycles. The Bertz CT molecular complexity index is 497. The molecule has 0 spiro atoms. The highest BCUT2D eigenvalue weighted by Gasteiger charge is 2.15. The molecule has 0 fully saturated rings. The Morgan fingerprint density at radius 3 is 2.22 bits per heavy atom. The highest BCUT2D eigenvalue weighted by Crippen LogP contribution is 2.34. The zero-order valence-corrected chi connectivity index (χ0v) is 15.2. The molecule has 0 saturated carbocycles. The largest absolute Gasteiger partial charge is 0.316 e. The molecule has 102 valence electrons. The quantitative estimate of drug-likeness (QED) is 0.635. The van der Waals surface area contributed by atoms with Crippen molar-refractivity contribution in [2.75, 3.05) is 23.6 Å². The summed E-state index contributed by atoms with van der Waals surface area (Å²) < 4.78 is 28.5. The molecule has 1 aromatic rings. The molecule has 0 unspecified atom stereocenters. The first-order chi connectivity index (χ1) is 8.35. The summed E-state index contributed by atoms with van der Waals surface area (Å²) in [5.41, 5.74) is 0.509. The first-order valence-electron chi connectivity index (χ1n) is 5.21. The van der Waals surface area contributed by atoms with Gasteiger partial charge in [0, 0.05) is 20.0 Å². The minimum atomic E-state index is -3.35. The first-order valence-corrected chi connectivity index (χ1v) is 9.24. The van der Waals surface area contributed by atoms with Crippen LogP contribution >= 0.6 is 47.8 Å². The van der Waals surface area contributed by atoms with Crippen molar-refractivity contribution in [3.63, 3.8) is 0 Å². The molecule has 2 N–H and O–H groups in total. The number of sulfonamides is 1. The molecule has 0 radical (unpaired) electrons. The minimum absolute atomic E-state index is 0.0375. The number of hydrogen-bond donors (Lipinski definition) is 2. The van der Waals surface area contributed by atoms with Crippen LogP contribution in [0.1, 0.15) is 6.92 Å². The van der Waals surface area contributed by atoms with Gasteiger partial charge in [0.05, 0.1) is 11.4 Å². The van der Waals surface area contributed by atoms with Crippen molar-refractivity contribution in [3.05, 3.63) is 25.6 Å². The van der Waals surface area contributed by atoms with Crippen LogP contribution in [-0.2, 0) is 10.0 Å². The summed E-state index contributed by atoms with van der Waals surface area (Å²) in [4.78, 5) is 0. The SMILES string of the molecule is CCNCCS(=O)(=O)Nc1c(Br)cc(Br)cc1Br. The van der Waals surface area contributed by atoms with Gasteiger partial charge in [-0.25, -0.2) is 8.42 Å². The van der Waals surface area contributed by atoms with Crippen LogP contribution in [0.3, 0.4) is 0 Å². The Kier molecular flexibility index (Phi) is 6.60. The maximum atomic E-state index is 11.9. The molecule has 1 rings (SSSR count). The molecule has 0 aromatic heterocycles. The van der Waals surface area contributed by atoms with Crippen molar-refractivity contribution in [3.8, 4) is 0 Å². The van der Waals surface area contributed by atoms with Crippen molar-refractivity contribution in [1.29, 1.82) is 0 Å².